The lowest BCUT2D eigenvalue weighted by Crippen LogP contribution is -2.39. The van der Waals surface area contributed by atoms with Crippen molar-refractivity contribution in [2.24, 2.45) is 5.92 Å². The molecule has 0 radical (unpaired) electrons. The Bertz CT molecular complexity index is 692. The standard InChI is InChI=1S/C18H20FNO2S/c1-12-6-7-16(23-12)17(14-4-2-3-5-15(14)19)20-10-8-13(9-11-20)18(21)22/h2-7,13,17H,8-11H2,1H3,(H,21,22). The van der Waals surface area contributed by atoms with Gasteiger partial charge in [-0.1, -0.05) is 18.2 Å². The number of hydrogen-bond donors (Lipinski definition) is 1. The van der Waals surface area contributed by atoms with Crippen LogP contribution in [0.5, 0.6) is 0 Å². The molecule has 1 aliphatic rings. The molecule has 1 aromatic heterocycles. The number of hydrogen-bond acceptors (Lipinski definition) is 3. The molecule has 1 N–H and O–H groups in total. The predicted octanol–water partition coefficient (Wildman–Crippen LogP) is 4.08. The highest BCUT2D eigenvalue weighted by Crippen LogP contribution is 2.36. The summed E-state index contributed by atoms with van der Waals surface area (Å²) in [6.45, 7) is 3.39. The van der Waals surface area contributed by atoms with Crippen molar-refractivity contribution in [1.29, 1.82) is 0 Å². The molecule has 3 rings (SSSR count). The first-order chi connectivity index (χ1) is 11.1. The number of benzene rings is 1. The van der Waals surface area contributed by atoms with Crippen LogP contribution >= 0.6 is 11.3 Å². The van der Waals surface area contributed by atoms with Gasteiger partial charge in [-0.2, -0.15) is 0 Å². The third-order valence-corrected chi connectivity index (χ3v) is 5.53. The van der Waals surface area contributed by atoms with Gasteiger partial charge in [-0.15, -0.1) is 11.3 Å². The molecule has 0 spiro atoms. The van der Waals surface area contributed by atoms with Crippen LogP contribution in [0.15, 0.2) is 36.4 Å². The van der Waals surface area contributed by atoms with Gasteiger partial charge in [0.15, 0.2) is 0 Å². The normalized spacial score (nSPS) is 18.0. The molecule has 1 saturated heterocycles. The number of piperidine rings is 1. The second-order valence-corrected chi connectivity index (χ2v) is 7.34. The Hall–Kier alpha value is -1.72. The molecule has 1 aromatic carbocycles. The van der Waals surface area contributed by atoms with E-state index in [-0.39, 0.29) is 17.8 Å². The zero-order valence-electron chi connectivity index (χ0n) is 13.0. The molecule has 0 aliphatic carbocycles. The highest BCUT2D eigenvalue weighted by Gasteiger charge is 2.31. The van der Waals surface area contributed by atoms with E-state index >= 15 is 0 Å². The van der Waals surface area contributed by atoms with Crippen LogP contribution in [-0.4, -0.2) is 29.1 Å². The van der Waals surface area contributed by atoms with Crippen molar-refractivity contribution in [2.45, 2.75) is 25.8 Å². The fraction of sp³-hybridized carbons (Fsp3) is 0.389. The molecule has 1 unspecified atom stereocenters. The van der Waals surface area contributed by atoms with Crippen molar-refractivity contribution in [3.63, 3.8) is 0 Å². The minimum atomic E-state index is -0.723. The molecule has 1 fully saturated rings. The van der Waals surface area contributed by atoms with E-state index in [1.807, 2.05) is 19.1 Å². The zero-order valence-corrected chi connectivity index (χ0v) is 13.9. The Labute approximate surface area is 139 Å². The van der Waals surface area contributed by atoms with Gasteiger partial charge in [0, 0.05) is 15.3 Å². The van der Waals surface area contributed by atoms with E-state index in [2.05, 4.69) is 17.0 Å². The van der Waals surface area contributed by atoms with Crippen molar-refractivity contribution in [2.75, 3.05) is 13.1 Å². The number of aliphatic carboxylic acids is 1. The lowest BCUT2D eigenvalue weighted by atomic mass is 9.93. The summed E-state index contributed by atoms with van der Waals surface area (Å²) in [5.41, 5.74) is 0.670. The number of carboxylic acid groups (broad SMARTS) is 1. The summed E-state index contributed by atoms with van der Waals surface area (Å²) in [5, 5.41) is 9.17. The van der Waals surface area contributed by atoms with E-state index < -0.39 is 5.97 Å². The second kappa shape index (κ2) is 6.81. The minimum Gasteiger partial charge on any atom is -0.481 e. The third-order valence-electron chi connectivity index (χ3n) is 4.47. The van der Waals surface area contributed by atoms with E-state index in [0.29, 0.717) is 31.5 Å². The molecule has 1 atom stereocenters. The summed E-state index contributed by atoms with van der Waals surface area (Å²) >= 11 is 1.68. The molecule has 122 valence electrons. The van der Waals surface area contributed by atoms with E-state index in [4.69, 9.17) is 5.11 Å². The molecular formula is C18H20FNO2S. The molecule has 3 nitrogen and oxygen atoms in total. The largest absolute Gasteiger partial charge is 0.481 e. The summed E-state index contributed by atoms with van der Waals surface area (Å²) in [6.07, 6.45) is 1.23. The Balaban J connectivity index is 1.91. The predicted molar refractivity (Wildman–Crippen MR) is 89.2 cm³/mol. The average molecular weight is 333 g/mol. The number of carbonyl (C=O) groups is 1. The number of aryl methyl sites for hydroxylation is 1. The minimum absolute atomic E-state index is 0.135. The number of rotatable bonds is 4. The van der Waals surface area contributed by atoms with Crippen LogP contribution in [-0.2, 0) is 4.79 Å². The van der Waals surface area contributed by atoms with E-state index in [1.165, 1.54) is 10.9 Å². The summed E-state index contributed by atoms with van der Waals surface area (Å²) in [6, 6.07) is 10.9. The van der Waals surface area contributed by atoms with E-state index in [1.54, 1.807) is 17.4 Å². The first-order valence-corrected chi connectivity index (χ1v) is 8.65. The topological polar surface area (TPSA) is 40.5 Å². The van der Waals surface area contributed by atoms with Gasteiger partial charge in [0.25, 0.3) is 0 Å². The van der Waals surface area contributed by atoms with Crippen molar-refractivity contribution < 1.29 is 14.3 Å². The lowest BCUT2D eigenvalue weighted by molar-refractivity contribution is -0.143. The Morgan fingerprint density at radius 1 is 1.26 bits per heavy atom. The van der Waals surface area contributed by atoms with Gasteiger partial charge in [0.1, 0.15) is 5.82 Å². The molecular weight excluding hydrogens is 313 g/mol. The van der Waals surface area contributed by atoms with Crippen molar-refractivity contribution in [3.8, 4) is 0 Å². The average Bonchev–Trinajstić information content (AvgIpc) is 2.96. The monoisotopic (exact) mass is 333 g/mol. The maximum Gasteiger partial charge on any atom is 0.306 e. The first-order valence-electron chi connectivity index (χ1n) is 7.84. The maximum atomic E-state index is 14.4. The van der Waals surface area contributed by atoms with Crippen LogP contribution in [0.25, 0.3) is 0 Å². The quantitative estimate of drug-likeness (QED) is 0.916. The Kier molecular flexibility index (Phi) is 4.78. The molecule has 0 amide bonds. The summed E-state index contributed by atoms with van der Waals surface area (Å²) in [7, 11) is 0. The number of halogens is 1. The van der Waals surface area contributed by atoms with Crippen LogP contribution in [0, 0.1) is 18.7 Å². The fourth-order valence-electron chi connectivity index (χ4n) is 3.23. The number of nitrogens with zero attached hydrogens (tertiary/aromatic N) is 1. The first kappa shape index (κ1) is 16.1. The van der Waals surface area contributed by atoms with Crippen LogP contribution in [0.1, 0.15) is 34.2 Å². The van der Waals surface area contributed by atoms with Gasteiger partial charge in [-0.25, -0.2) is 4.39 Å². The van der Waals surface area contributed by atoms with Gasteiger partial charge < -0.3 is 5.11 Å². The van der Waals surface area contributed by atoms with Crippen LogP contribution < -0.4 is 0 Å². The smallest absolute Gasteiger partial charge is 0.306 e. The SMILES string of the molecule is Cc1ccc(C(c2ccccc2F)N2CCC(C(=O)O)CC2)s1. The molecule has 0 saturated carbocycles. The van der Waals surface area contributed by atoms with Crippen LogP contribution in [0.4, 0.5) is 4.39 Å². The summed E-state index contributed by atoms with van der Waals surface area (Å²) in [4.78, 5) is 15.7. The molecule has 2 aromatic rings. The number of thiophene rings is 1. The fourth-order valence-corrected chi connectivity index (χ4v) is 4.26. The zero-order chi connectivity index (χ0) is 16.4. The van der Waals surface area contributed by atoms with Gasteiger partial charge in [-0.3, -0.25) is 9.69 Å². The van der Waals surface area contributed by atoms with E-state index in [9.17, 15) is 9.18 Å². The van der Waals surface area contributed by atoms with Crippen molar-refractivity contribution in [1.82, 2.24) is 4.90 Å². The van der Waals surface area contributed by atoms with Gasteiger partial charge in [-0.05, 0) is 51.1 Å². The maximum absolute atomic E-state index is 14.4. The van der Waals surface area contributed by atoms with Crippen LogP contribution in [0.3, 0.4) is 0 Å². The summed E-state index contributed by atoms with van der Waals surface area (Å²) < 4.78 is 14.4. The third kappa shape index (κ3) is 3.46. The molecule has 0 bridgehead atoms. The van der Waals surface area contributed by atoms with E-state index in [0.717, 1.165) is 4.88 Å². The van der Waals surface area contributed by atoms with Crippen molar-refractivity contribution >= 4 is 17.3 Å². The highest BCUT2D eigenvalue weighted by atomic mass is 32.1. The van der Waals surface area contributed by atoms with Gasteiger partial charge >= 0.3 is 5.97 Å². The summed E-state index contributed by atoms with van der Waals surface area (Å²) in [5.74, 6) is -1.21. The Morgan fingerprint density at radius 3 is 2.52 bits per heavy atom. The van der Waals surface area contributed by atoms with Gasteiger partial charge in [0.2, 0.25) is 0 Å². The molecule has 2 heterocycles. The van der Waals surface area contributed by atoms with Crippen LogP contribution in [0.2, 0.25) is 0 Å². The molecule has 23 heavy (non-hydrogen) atoms. The second-order valence-electron chi connectivity index (χ2n) is 6.02. The number of carboxylic acids is 1. The number of likely N-dealkylation sites (tertiary alicyclic amines) is 1. The molecule has 1 aliphatic heterocycles. The van der Waals surface area contributed by atoms with Crippen molar-refractivity contribution in [3.05, 3.63) is 57.5 Å². The lowest BCUT2D eigenvalue weighted by Gasteiger charge is -2.36. The molecule has 5 heteroatoms. The Morgan fingerprint density at radius 2 is 1.96 bits per heavy atom. The van der Waals surface area contributed by atoms with Gasteiger partial charge in [0.05, 0.1) is 12.0 Å². The highest BCUT2D eigenvalue weighted by molar-refractivity contribution is 7.12.